The summed E-state index contributed by atoms with van der Waals surface area (Å²) in [5.41, 5.74) is 2.31. The average molecular weight is 519 g/mol. The highest BCUT2D eigenvalue weighted by molar-refractivity contribution is 5.95. The van der Waals surface area contributed by atoms with Crippen molar-refractivity contribution in [3.8, 4) is 23.0 Å². The third-order valence-electron chi connectivity index (χ3n) is 6.57. The molecule has 2 N–H and O–H groups in total. The van der Waals surface area contributed by atoms with Crippen LogP contribution in [0.15, 0.2) is 60.9 Å². The maximum Gasteiger partial charge on any atom is 0.258 e. The van der Waals surface area contributed by atoms with Crippen LogP contribution in [0, 0.1) is 0 Å². The Morgan fingerprint density at radius 3 is 2.68 bits per heavy atom. The van der Waals surface area contributed by atoms with Gasteiger partial charge in [-0.15, -0.1) is 0 Å². The second kappa shape index (κ2) is 11.4. The first-order chi connectivity index (χ1) is 18.5. The number of hydrogen-bond donors (Lipinski definition) is 2. The van der Waals surface area contributed by atoms with E-state index in [-0.39, 0.29) is 30.6 Å². The molecule has 6 rings (SSSR count). The molecule has 10 heteroatoms. The zero-order valence-electron chi connectivity index (χ0n) is 21.3. The van der Waals surface area contributed by atoms with Gasteiger partial charge in [-0.2, -0.15) is 0 Å². The zero-order valence-corrected chi connectivity index (χ0v) is 21.3. The predicted molar refractivity (Wildman–Crippen MR) is 139 cm³/mol. The minimum Gasteiger partial charge on any atom is -0.493 e. The number of methoxy groups -OCH3 is 2. The van der Waals surface area contributed by atoms with E-state index in [0.29, 0.717) is 54.7 Å². The zero-order chi connectivity index (χ0) is 26.5. The van der Waals surface area contributed by atoms with Crippen LogP contribution in [0.2, 0.25) is 0 Å². The molecule has 4 heterocycles. The number of nitrogens with zero attached hydrogens (tertiary/aromatic N) is 2. The van der Waals surface area contributed by atoms with E-state index in [1.54, 1.807) is 31.5 Å². The molecule has 0 aliphatic carbocycles. The molecule has 0 spiro atoms. The van der Waals surface area contributed by atoms with Crippen molar-refractivity contribution in [2.24, 2.45) is 0 Å². The Hall–Kier alpha value is -4.31. The summed E-state index contributed by atoms with van der Waals surface area (Å²) in [4.78, 5) is 32.2. The highest BCUT2D eigenvalue weighted by atomic mass is 16.5. The molecular weight excluding hydrogens is 488 g/mol. The molecular formula is C28H30N4O6. The van der Waals surface area contributed by atoms with Crippen LogP contribution >= 0.6 is 0 Å². The van der Waals surface area contributed by atoms with Gasteiger partial charge in [-0.1, -0.05) is 12.1 Å². The van der Waals surface area contributed by atoms with Gasteiger partial charge in [0.05, 0.1) is 20.3 Å². The SMILES string of the molecule is COc1ccc2cc1OCC(=O)NCc1ccc(c(OC)c1)O[C@H]1CN(Cc3cccnc3)C[C@@H]1NC2=O. The third-order valence-corrected chi connectivity index (χ3v) is 6.57. The lowest BCUT2D eigenvalue weighted by Crippen LogP contribution is -2.45. The molecule has 4 bridgehead atoms. The fraction of sp³-hybridized carbons (Fsp3) is 0.321. The summed E-state index contributed by atoms with van der Waals surface area (Å²) in [6.45, 7) is 1.92. The highest BCUT2D eigenvalue weighted by Gasteiger charge is 2.36. The number of carbonyl (C=O) groups excluding carboxylic acids is 2. The minimum atomic E-state index is -0.334. The van der Waals surface area contributed by atoms with E-state index in [1.165, 1.54) is 7.11 Å². The number of likely N-dealkylation sites (tertiary alicyclic amines) is 1. The van der Waals surface area contributed by atoms with Crippen molar-refractivity contribution in [3.63, 3.8) is 0 Å². The molecule has 2 aromatic carbocycles. The lowest BCUT2D eigenvalue weighted by atomic mass is 10.1. The first-order valence-electron chi connectivity index (χ1n) is 12.4. The Kier molecular flexibility index (Phi) is 7.60. The molecule has 38 heavy (non-hydrogen) atoms. The molecule has 0 saturated carbocycles. The van der Waals surface area contributed by atoms with Crippen molar-refractivity contribution in [3.05, 3.63) is 77.6 Å². The van der Waals surface area contributed by atoms with E-state index >= 15 is 0 Å². The first kappa shape index (κ1) is 25.3. The summed E-state index contributed by atoms with van der Waals surface area (Å²) >= 11 is 0. The molecule has 10 nitrogen and oxygen atoms in total. The minimum absolute atomic E-state index is 0.228. The molecule has 1 saturated heterocycles. The highest BCUT2D eigenvalue weighted by Crippen LogP contribution is 2.32. The fourth-order valence-electron chi connectivity index (χ4n) is 4.65. The van der Waals surface area contributed by atoms with Crippen molar-refractivity contribution < 1.29 is 28.5 Å². The number of amides is 2. The fourth-order valence-corrected chi connectivity index (χ4v) is 4.65. The van der Waals surface area contributed by atoms with Gasteiger partial charge in [0, 0.05) is 44.1 Å². The monoisotopic (exact) mass is 518 g/mol. The van der Waals surface area contributed by atoms with E-state index in [0.717, 1.165) is 11.1 Å². The topological polar surface area (TPSA) is 111 Å². The quantitative estimate of drug-likeness (QED) is 0.541. The summed E-state index contributed by atoms with van der Waals surface area (Å²) < 4.78 is 23.1. The Morgan fingerprint density at radius 2 is 1.89 bits per heavy atom. The second-order valence-corrected chi connectivity index (χ2v) is 9.21. The van der Waals surface area contributed by atoms with E-state index in [9.17, 15) is 9.59 Å². The molecule has 3 aliphatic rings. The lowest BCUT2D eigenvalue weighted by molar-refractivity contribution is -0.123. The maximum atomic E-state index is 13.3. The van der Waals surface area contributed by atoms with Gasteiger partial charge in [0.25, 0.3) is 11.8 Å². The van der Waals surface area contributed by atoms with Gasteiger partial charge in [0.15, 0.2) is 29.6 Å². The predicted octanol–water partition coefficient (Wildman–Crippen LogP) is 2.17. The van der Waals surface area contributed by atoms with Crippen LogP contribution in [0.5, 0.6) is 23.0 Å². The number of rotatable bonds is 4. The van der Waals surface area contributed by atoms with Gasteiger partial charge < -0.3 is 29.6 Å². The molecule has 0 unspecified atom stereocenters. The van der Waals surface area contributed by atoms with Crippen LogP contribution in [0.4, 0.5) is 0 Å². The molecule has 1 aromatic heterocycles. The Labute approximate surface area is 220 Å². The maximum absolute atomic E-state index is 13.3. The van der Waals surface area contributed by atoms with Crippen LogP contribution in [0.25, 0.3) is 0 Å². The summed E-state index contributed by atoms with van der Waals surface area (Å²) in [7, 11) is 3.08. The van der Waals surface area contributed by atoms with Gasteiger partial charge >= 0.3 is 0 Å². The Bertz CT molecular complexity index is 1300. The number of fused-ring (bicyclic) bond motifs is 7. The number of hydrogen-bond acceptors (Lipinski definition) is 8. The van der Waals surface area contributed by atoms with Crippen LogP contribution in [-0.4, -0.2) is 67.8 Å². The third kappa shape index (κ3) is 5.81. The first-order valence-corrected chi connectivity index (χ1v) is 12.4. The molecule has 3 aromatic rings. The number of aromatic nitrogens is 1. The average Bonchev–Trinajstić information content (AvgIpc) is 3.30. The van der Waals surface area contributed by atoms with Gasteiger partial charge in [0.2, 0.25) is 0 Å². The molecule has 198 valence electrons. The number of pyridine rings is 1. The number of nitrogens with one attached hydrogen (secondary N) is 2. The number of benzene rings is 2. The molecule has 0 radical (unpaired) electrons. The van der Waals surface area contributed by atoms with Crippen molar-refractivity contribution in [1.29, 1.82) is 0 Å². The van der Waals surface area contributed by atoms with E-state index in [2.05, 4.69) is 20.5 Å². The van der Waals surface area contributed by atoms with Crippen molar-refractivity contribution in [2.75, 3.05) is 33.9 Å². The van der Waals surface area contributed by atoms with Crippen LogP contribution in [-0.2, 0) is 17.9 Å². The van der Waals surface area contributed by atoms with Gasteiger partial charge in [0.1, 0.15) is 6.10 Å². The van der Waals surface area contributed by atoms with Crippen molar-refractivity contribution in [1.82, 2.24) is 20.5 Å². The summed E-state index contributed by atoms with van der Waals surface area (Å²) in [5.74, 6) is 1.25. The summed E-state index contributed by atoms with van der Waals surface area (Å²) in [6.07, 6.45) is 3.25. The molecule has 2 atom stereocenters. The van der Waals surface area contributed by atoms with Crippen molar-refractivity contribution >= 4 is 11.8 Å². The number of ether oxygens (including phenoxy) is 4. The van der Waals surface area contributed by atoms with Crippen molar-refractivity contribution in [2.45, 2.75) is 25.2 Å². The van der Waals surface area contributed by atoms with E-state index < -0.39 is 0 Å². The summed E-state index contributed by atoms with van der Waals surface area (Å²) in [6, 6.07) is 14.1. The molecule has 3 aliphatic heterocycles. The normalized spacial score (nSPS) is 19.8. The van der Waals surface area contributed by atoms with Crippen LogP contribution in [0.1, 0.15) is 21.5 Å². The molecule has 2 amide bonds. The van der Waals surface area contributed by atoms with E-state index in [1.807, 2.05) is 36.5 Å². The largest absolute Gasteiger partial charge is 0.493 e. The smallest absolute Gasteiger partial charge is 0.258 e. The Balaban J connectivity index is 1.46. The van der Waals surface area contributed by atoms with Gasteiger partial charge in [-0.25, -0.2) is 0 Å². The van der Waals surface area contributed by atoms with Gasteiger partial charge in [-0.05, 0) is 47.5 Å². The standard InChI is InChI=1S/C28H30N4O6/c1-35-22-8-6-20-11-25(22)37-17-27(33)30-13-18-5-7-23(24(10-18)36-2)38-26-16-32(15-21(26)31-28(20)34)14-19-4-3-9-29-12-19/h3-12,21,26H,13-17H2,1-2H3,(H,30,33)(H,31,34)/t21-,26-/m0/s1. The number of carbonyl (C=O) groups is 2. The second-order valence-electron chi connectivity index (χ2n) is 9.21. The van der Waals surface area contributed by atoms with E-state index in [4.69, 9.17) is 18.9 Å². The summed E-state index contributed by atoms with van der Waals surface area (Å²) in [5, 5.41) is 5.97. The van der Waals surface area contributed by atoms with Crippen LogP contribution < -0.4 is 29.6 Å². The van der Waals surface area contributed by atoms with Crippen LogP contribution in [0.3, 0.4) is 0 Å². The van der Waals surface area contributed by atoms with Gasteiger partial charge in [-0.3, -0.25) is 19.5 Å². The molecule has 1 fully saturated rings. The lowest BCUT2D eigenvalue weighted by Gasteiger charge is -2.23. The Morgan fingerprint density at radius 1 is 1.03 bits per heavy atom.